The molecule has 0 aromatic heterocycles. The molecule has 0 aliphatic carbocycles. The van der Waals surface area contributed by atoms with Crippen molar-refractivity contribution in [2.75, 3.05) is 0 Å². The molecular weight excluding hydrogens is 300 g/mol. The summed E-state index contributed by atoms with van der Waals surface area (Å²) in [4.78, 5) is 0. The van der Waals surface area contributed by atoms with Crippen LogP contribution in [0.5, 0.6) is 0 Å². The summed E-state index contributed by atoms with van der Waals surface area (Å²) in [7, 11) is -6.83. The van der Waals surface area contributed by atoms with Crippen molar-refractivity contribution in [3.63, 3.8) is 0 Å². The minimum absolute atomic E-state index is 0.973. The predicted octanol–water partition coefficient (Wildman–Crippen LogP) is 4.69. The summed E-state index contributed by atoms with van der Waals surface area (Å²) in [6.07, 6.45) is 2.12. The average Bonchev–Trinajstić information content (AvgIpc) is 2.47. The summed E-state index contributed by atoms with van der Waals surface area (Å²) in [6.45, 7) is 16.8. The molecule has 20 heavy (non-hydrogen) atoms. The molecule has 1 fully saturated rings. The highest BCUT2D eigenvalue weighted by molar-refractivity contribution is 6.97. The van der Waals surface area contributed by atoms with E-state index in [1.54, 1.807) is 0 Å². The fraction of sp³-hybridized carbons (Fsp3) is 0.714. The Balaban J connectivity index is 3.22. The Morgan fingerprint density at radius 3 is 1.40 bits per heavy atom. The third kappa shape index (κ3) is 3.61. The lowest BCUT2D eigenvalue weighted by Gasteiger charge is -2.51. The predicted molar refractivity (Wildman–Crippen MR) is 92.1 cm³/mol. The van der Waals surface area contributed by atoms with Crippen LogP contribution in [-0.4, -0.2) is 25.7 Å². The van der Waals surface area contributed by atoms with Crippen LogP contribution in [-0.2, 0) is 12.3 Å². The van der Waals surface area contributed by atoms with E-state index in [4.69, 9.17) is 12.3 Å². The van der Waals surface area contributed by atoms with Gasteiger partial charge in [-0.05, 0) is 24.2 Å². The fourth-order valence-corrected chi connectivity index (χ4v) is 19.4. The van der Waals surface area contributed by atoms with Gasteiger partial charge in [-0.25, -0.2) is 0 Å². The lowest BCUT2D eigenvalue weighted by atomic mass is 10.6. The van der Waals surface area contributed by atoms with Crippen LogP contribution in [0.1, 0.15) is 40.5 Å². The minimum Gasteiger partial charge on any atom is -0.412 e. The van der Waals surface area contributed by atoms with Gasteiger partial charge in [0.05, 0.1) is 0 Å². The average molecular weight is 331 g/mol. The summed E-state index contributed by atoms with van der Waals surface area (Å²) in [5, 5.41) is 0. The van der Waals surface area contributed by atoms with E-state index in [2.05, 4.69) is 40.9 Å². The summed E-state index contributed by atoms with van der Waals surface area (Å²) < 4.78 is 19.6. The maximum atomic E-state index is 6.56. The molecule has 1 aliphatic heterocycles. The molecule has 1 heterocycles. The molecule has 2 atom stereocenters. The van der Waals surface area contributed by atoms with Gasteiger partial charge in [-0.2, -0.15) is 0 Å². The first-order valence-electron chi connectivity index (χ1n) is 7.86. The standard InChI is InChI=1S/C14H30O3Si3/c1-7-13-19(11-5)15-18(9-3,10-4)16-20(12-6,17-19)14-8-2/h11-12H,5-10,13-14H2,1-4H3. The molecule has 1 saturated heterocycles. The molecule has 1 rings (SSSR count). The normalized spacial score (nSPS) is 32.8. The lowest BCUT2D eigenvalue weighted by molar-refractivity contribution is 0.226. The Hall–Kier alpha value is 0.0106. The first-order chi connectivity index (χ1) is 9.49. The van der Waals surface area contributed by atoms with Crippen molar-refractivity contribution < 1.29 is 12.3 Å². The SMILES string of the molecule is C=C[Si]1(CCC)O[Si](C=C)(CCC)O[Si](CC)(CC)O1. The Morgan fingerprint density at radius 1 is 0.750 bits per heavy atom. The molecular formula is C14H30O3Si3. The molecule has 116 valence electrons. The van der Waals surface area contributed by atoms with Gasteiger partial charge in [0.2, 0.25) is 0 Å². The summed E-state index contributed by atoms with van der Waals surface area (Å²) in [5.74, 6) is 0. The molecule has 0 N–H and O–H groups in total. The van der Waals surface area contributed by atoms with Gasteiger partial charge >= 0.3 is 25.7 Å². The molecule has 0 radical (unpaired) electrons. The van der Waals surface area contributed by atoms with Crippen LogP contribution in [0.15, 0.2) is 24.6 Å². The summed E-state index contributed by atoms with van der Waals surface area (Å²) in [6, 6.07) is 3.90. The van der Waals surface area contributed by atoms with Gasteiger partial charge in [-0.15, -0.1) is 13.2 Å². The Morgan fingerprint density at radius 2 is 1.15 bits per heavy atom. The van der Waals surface area contributed by atoms with E-state index >= 15 is 0 Å². The minimum atomic E-state index is -2.34. The van der Waals surface area contributed by atoms with Crippen molar-refractivity contribution in [1.82, 2.24) is 0 Å². The molecule has 2 unspecified atom stereocenters. The van der Waals surface area contributed by atoms with E-state index in [9.17, 15) is 0 Å². The van der Waals surface area contributed by atoms with Crippen LogP contribution in [0, 0.1) is 0 Å². The summed E-state index contributed by atoms with van der Waals surface area (Å²) >= 11 is 0. The molecule has 0 bridgehead atoms. The quantitative estimate of drug-likeness (QED) is 0.604. The number of rotatable bonds is 8. The zero-order valence-corrected chi connectivity index (χ0v) is 16.5. The van der Waals surface area contributed by atoms with Gasteiger partial charge in [0.15, 0.2) is 0 Å². The Labute approximate surface area is 127 Å². The molecule has 1 aliphatic rings. The fourth-order valence-electron chi connectivity index (χ4n) is 2.80. The molecule has 0 spiro atoms. The maximum absolute atomic E-state index is 6.56. The van der Waals surface area contributed by atoms with Crippen LogP contribution in [0.4, 0.5) is 0 Å². The van der Waals surface area contributed by atoms with Crippen molar-refractivity contribution >= 4 is 25.7 Å². The topological polar surface area (TPSA) is 27.7 Å². The third-order valence-electron chi connectivity index (χ3n) is 3.96. The molecule has 0 saturated carbocycles. The highest BCUT2D eigenvalue weighted by atomic mass is 28.5. The molecule has 3 nitrogen and oxygen atoms in total. The smallest absolute Gasteiger partial charge is 0.347 e. The largest absolute Gasteiger partial charge is 0.412 e. The zero-order chi connectivity index (χ0) is 15.3. The molecule has 6 heteroatoms. The van der Waals surface area contributed by atoms with E-state index < -0.39 is 25.7 Å². The van der Waals surface area contributed by atoms with Gasteiger partial charge in [0, 0.05) is 0 Å². The Bertz CT molecular complexity index is 319. The van der Waals surface area contributed by atoms with Crippen LogP contribution in [0.2, 0.25) is 24.2 Å². The second-order valence-corrected chi connectivity index (χ2v) is 16.2. The van der Waals surface area contributed by atoms with Crippen LogP contribution in [0.25, 0.3) is 0 Å². The Kier molecular flexibility index (Phi) is 6.62. The highest BCUT2D eigenvalue weighted by Gasteiger charge is 2.58. The van der Waals surface area contributed by atoms with Crippen molar-refractivity contribution in [3.05, 3.63) is 24.6 Å². The first kappa shape index (κ1) is 18.1. The van der Waals surface area contributed by atoms with E-state index in [-0.39, 0.29) is 0 Å². The van der Waals surface area contributed by atoms with Crippen LogP contribution < -0.4 is 0 Å². The van der Waals surface area contributed by atoms with Crippen LogP contribution >= 0.6 is 0 Å². The third-order valence-corrected chi connectivity index (χ3v) is 18.3. The van der Waals surface area contributed by atoms with Gasteiger partial charge in [0.25, 0.3) is 0 Å². The molecule has 0 aromatic rings. The lowest BCUT2D eigenvalue weighted by Crippen LogP contribution is -2.69. The van der Waals surface area contributed by atoms with Crippen molar-refractivity contribution in [3.8, 4) is 0 Å². The molecule has 0 amide bonds. The first-order valence-corrected chi connectivity index (χ1v) is 14.3. The zero-order valence-electron chi connectivity index (χ0n) is 13.5. The van der Waals surface area contributed by atoms with E-state index in [1.807, 2.05) is 11.4 Å². The van der Waals surface area contributed by atoms with Gasteiger partial charge in [0.1, 0.15) is 0 Å². The second-order valence-electron chi connectivity index (χ2n) is 5.46. The number of hydrogen-bond donors (Lipinski definition) is 0. The van der Waals surface area contributed by atoms with Gasteiger partial charge < -0.3 is 12.3 Å². The summed E-state index contributed by atoms with van der Waals surface area (Å²) in [5.41, 5.74) is 3.96. The maximum Gasteiger partial charge on any atom is 0.347 e. The van der Waals surface area contributed by atoms with Crippen molar-refractivity contribution in [1.29, 1.82) is 0 Å². The van der Waals surface area contributed by atoms with Gasteiger partial charge in [-0.1, -0.05) is 51.9 Å². The second kappa shape index (κ2) is 7.33. The van der Waals surface area contributed by atoms with Crippen molar-refractivity contribution in [2.24, 2.45) is 0 Å². The number of hydrogen-bond acceptors (Lipinski definition) is 3. The highest BCUT2D eigenvalue weighted by Crippen LogP contribution is 2.40. The van der Waals surface area contributed by atoms with E-state index in [0.717, 1.165) is 37.0 Å². The van der Waals surface area contributed by atoms with E-state index in [0.29, 0.717) is 0 Å². The molecule has 0 aromatic carbocycles. The van der Waals surface area contributed by atoms with Crippen molar-refractivity contribution in [2.45, 2.75) is 64.7 Å². The van der Waals surface area contributed by atoms with Gasteiger partial charge in [-0.3, -0.25) is 0 Å². The van der Waals surface area contributed by atoms with Crippen LogP contribution in [0.3, 0.4) is 0 Å². The monoisotopic (exact) mass is 330 g/mol. The van der Waals surface area contributed by atoms with E-state index in [1.165, 1.54) is 0 Å².